The summed E-state index contributed by atoms with van der Waals surface area (Å²) in [7, 11) is 0. The van der Waals surface area contributed by atoms with E-state index in [2.05, 4.69) is 20.9 Å². The lowest BCUT2D eigenvalue weighted by Crippen LogP contribution is -2.30. The van der Waals surface area contributed by atoms with E-state index in [-0.39, 0.29) is 18.5 Å². The van der Waals surface area contributed by atoms with Crippen molar-refractivity contribution in [3.8, 4) is 5.75 Å². The van der Waals surface area contributed by atoms with Crippen molar-refractivity contribution in [3.63, 3.8) is 0 Å². The molecule has 0 saturated heterocycles. The molecule has 0 unspecified atom stereocenters. The van der Waals surface area contributed by atoms with Crippen molar-refractivity contribution >= 4 is 29.0 Å². The summed E-state index contributed by atoms with van der Waals surface area (Å²) in [5.41, 5.74) is 2.98. The molecule has 0 saturated carbocycles. The number of fused-ring (bicyclic) bond motifs is 2. The summed E-state index contributed by atoms with van der Waals surface area (Å²) in [6.45, 7) is 0.439. The predicted molar refractivity (Wildman–Crippen MR) is 96.5 cm³/mol. The molecular weight excluding hydrogens is 334 g/mol. The summed E-state index contributed by atoms with van der Waals surface area (Å²) in [6.07, 6.45) is 4.52. The number of urea groups is 1. The van der Waals surface area contributed by atoms with E-state index in [1.807, 2.05) is 35.0 Å². The minimum Gasteiger partial charge on any atom is -0.482 e. The minimum atomic E-state index is -0.312. The molecule has 0 fully saturated rings. The number of anilines is 2. The number of aromatic nitrogens is 2. The van der Waals surface area contributed by atoms with Crippen molar-refractivity contribution in [1.29, 1.82) is 0 Å². The molecular formula is C18H17N5O3. The summed E-state index contributed by atoms with van der Waals surface area (Å²) < 4.78 is 7.28. The Kier molecular flexibility index (Phi) is 4.14. The average molecular weight is 351 g/mol. The summed E-state index contributed by atoms with van der Waals surface area (Å²) >= 11 is 0. The van der Waals surface area contributed by atoms with Crippen LogP contribution in [0.25, 0.3) is 5.65 Å². The third-order valence-corrected chi connectivity index (χ3v) is 3.95. The van der Waals surface area contributed by atoms with Gasteiger partial charge in [0, 0.05) is 37.1 Å². The van der Waals surface area contributed by atoms with Crippen LogP contribution in [0.3, 0.4) is 0 Å². The van der Waals surface area contributed by atoms with E-state index < -0.39 is 0 Å². The molecule has 0 radical (unpaired) electrons. The smallest absolute Gasteiger partial charge is 0.319 e. The van der Waals surface area contributed by atoms with E-state index >= 15 is 0 Å². The monoisotopic (exact) mass is 351 g/mol. The van der Waals surface area contributed by atoms with E-state index in [9.17, 15) is 9.59 Å². The van der Waals surface area contributed by atoms with Crippen molar-refractivity contribution in [2.75, 3.05) is 23.8 Å². The van der Waals surface area contributed by atoms with Crippen LogP contribution in [0.5, 0.6) is 5.75 Å². The number of ether oxygens (including phenoxy) is 1. The first-order valence-electron chi connectivity index (χ1n) is 8.21. The van der Waals surface area contributed by atoms with Gasteiger partial charge in [0.2, 0.25) is 0 Å². The van der Waals surface area contributed by atoms with Crippen LogP contribution in [0, 0.1) is 0 Å². The van der Waals surface area contributed by atoms with E-state index in [0.717, 1.165) is 11.3 Å². The lowest BCUT2D eigenvalue weighted by Gasteiger charge is -2.18. The minimum absolute atomic E-state index is 0.0261. The Morgan fingerprint density at radius 3 is 3.12 bits per heavy atom. The molecule has 0 atom stereocenters. The molecule has 132 valence electrons. The molecule has 3 amide bonds. The van der Waals surface area contributed by atoms with E-state index in [4.69, 9.17) is 4.74 Å². The first kappa shape index (κ1) is 15.9. The number of rotatable bonds is 4. The first-order valence-corrected chi connectivity index (χ1v) is 8.21. The molecule has 3 N–H and O–H groups in total. The number of amides is 3. The molecule has 8 heteroatoms. The van der Waals surface area contributed by atoms with Crippen molar-refractivity contribution in [1.82, 2.24) is 14.7 Å². The maximum atomic E-state index is 12.0. The molecule has 2 aromatic heterocycles. The topological polar surface area (TPSA) is 96.8 Å². The fraction of sp³-hybridized carbons (Fsp3) is 0.167. The Labute approximate surface area is 149 Å². The zero-order valence-electron chi connectivity index (χ0n) is 13.9. The second-order valence-corrected chi connectivity index (χ2v) is 5.88. The zero-order chi connectivity index (χ0) is 17.9. The Bertz CT molecular complexity index is 949. The summed E-state index contributed by atoms with van der Waals surface area (Å²) in [5, 5.41) is 8.25. The number of nitrogens with zero attached hydrogens (tertiary/aromatic N) is 2. The number of pyridine rings is 1. The highest BCUT2D eigenvalue weighted by atomic mass is 16.5. The number of hydrogen-bond acceptors (Lipinski definition) is 4. The van der Waals surface area contributed by atoms with Gasteiger partial charge in [-0.3, -0.25) is 4.79 Å². The van der Waals surface area contributed by atoms with Gasteiger partial charge in [-0.25, -0.2) is 9.78 Å². The molecule has 1 aliphatic heterocycles. The Morgan fingerprint density at radius 2 is 2.23 bits per heavy atom. The van der Waals surface area contributed by atoms with Crippen LogP contribution in [0.4, 0.5) is 16.2 Å². The highest BCUT2D eigenvalue weighted by Crippen LogP contribution is 2.30. The summed E-state index contributed by atoms with van der Waals surface area (Å²) in [5.74, 6) is 0.343. The normalized spacial score (nSPS) is 12.8. The highest BCUT2D eigenvalue weighted by molar-refractivity contribution is 5.96. The van der Waals surface area contributed by atoms with E-state index in [1.54, 1.807) is 18.2 Å². The molecule has 26 heavy (non-hydrogen) atoms. The van der Waals surface area contributed by atoms with Gasteiger partial charge in [0.05, 0.1) is 11.4 Å². The van der Waals surface area contributed by atoms with Crippen LogP contribution < -0.4 is 20.7 Å². The van der Waals surface area contributed by atoms with Gasteiger partial charge in [0.1, 0.15) is 11.4 Å². The maximum Gasteiger partial charge on any atom is 0.319 e. The molecule has 3 aromatic rings. The van der Waals surface area contributed by atoms with Crippen LogP contribution in [-0.4, -0.2) is 34.5 Å². The SMILES string of the molecule is O=C1COc2cc(NC(=O)NCCc3cn4ccccc4n3)ccc2N1. The van der Waals surface area contributed by atoms with Gasteiger partial charge in [-0.05, 0) is 24.3 Å². The standard InChI is InChI=1S/C18H17N5O3/c24-17-11-26-15-9-12(4-5-14(15)22-17)21-18(25)19-7-6-13-10-23-8-2-1-3-16(23)20-13/h1-5,8-10H,6-7,11H2,(H,22,24)(H2,19,21,25). The van der Waals surface area contributed by atoms with Crippen LogP contribution in [0.15, 0.2) is 48.8 Å². The highest BCUT2D eigenvalue weighted by Gasteiger charge is 2.16. The molecule has 4 rings (SSSR count). The van der Waals surface area contributed by atoms with Gasteiger partial charge >= 0.3 is 6.03 Å². The molecule has 1 aliphatic rings. The Morgan fingerprint density at radius 1 is 1.31 bits per heavy atom. The van der Waals surface area contributed by atoms with Gasteiger partial charge in [0.15, 0.2) is 6.61 Å². The second kappa shape index (κ2) is 6.75. The number of carbonyl (C=O) groups excluding carboxylic acids is 2. The quantitative estimate of drug-likeness (QED) is 0.670. The molecule has 0 aliphatic carbocycles. The Hall–Kier alpha value is -3.55. The summed E-state index contributed by atoms with van der Waals surface area (Å²) in [4.78, 5) is 27.8. The van der Waals surface area contributed by atoms with Crippen LogP contribution >= 0.6 is 0 Å². The van der Waals surface area contributed by atoms with Gasteiger partial charge in [-0.15, -0.1) is 0 Å². The number of carbonyl (C=O) groups is 2. The maximum absolute atomic E-state index is 12.0. The number of nitrogens with one attached hydrogen (secondary N) is 3. The zero-order valence-corrected chi connectivity index (χ0v) is 13.9. The van der Waals surface area contributed by atoms with Crippen molar-refractivity contribution in [2.24, 2.45) is 0 Å². The fourth-order valence-electron chi connectivity index (χ4n) is 2.74. The van der Waals surface area contributed by atoms with Crippen LogP contribution in [0.2, 0.25) is 0 Å². The van der Waals surface area contributed by atoms with E-state index in [0.29, 0.717) is 30.1 Å². The third kappa shape index (κ3) is 3.44. The van der Waals surface area contributed by atoms with Crippen LogP contribution in [-0.2, 0) is 11.2 Å². The second-order valence-electron chi connectivity index (χ2n) is 5.88. The molecule has 0 spiro atoms. The summed E-state index contributed by atoms with van der Waals surface area (Å²) in [6, 6.07) is 10.6. The molecule has 3 heterocycles. The van der Waals surface area contributed by atoms with Crippen molar-refractivity contribution < 1.29 is 14.3 Å². The number of imidazole rings is 1. The molecule has 1 aromatic carbocycles. The van der Waals surface area contributed by atoms with Crippen LogP contribution in [0.1, 0.15) is 5.69 Å². The number of hydrogen-bond donors (Lipinski definition) is 3. The average Bonchev–Trinajstić information content (AvgIpc) is 3.04. The van der Waals surface area contributed by atoms with Crippen molar-refractivity contribution in [3.05, 3.63) is 54.5 Å². The molecule has 8 nitrogen and oxygen atoms in total. The largest absolute Gasteiger partial charge is 0.482 e. The first-order chi connectivity index (χ1) is 12.7. The van der Waals surface area contributed by atoms with Gasteiger partial charge in [-0.1, -0.05) is 6.07 Å². The van der Waals surface area contributed by atoms with Crippen molar-refractivity contribution in [2.45, 2.75) is 6.42 Å². The van der Waals surface area contributed by atoms with Gasteiger partial charge < -0.3 is 25.1 Å². The third-order valence-electron chi connectivity index (χ3n) is 3.95. The lowest BCUT2D eigenvalue weighted by molar-refractivity contribution is -0.118. The van der Waals surface area contributed by atoms with Gasteiger partial charge in [0.25, 0.3) is 5.91 Å². The molecule has 0 bridgehead atoms. The van der Waals surface area contributed by atoms with E-state index in [1.165, 1.54) is 0 Å². The number of benzene rings is 1. The predicted octanol–water partition coefficient (Wildman–Crippen LogP) is 2.03. The fourth-order valence-corrected chi connectivity index (χ4v) is 2.74. The van der Waals surface area contributed by atoms with Gasteiger partial charge in [-0.2, -0.15) is 0 Å². The lowest BCUT2D eigenvalue weighted by atomic mass is 10.2. The Balaban J connectivity index is 1.30.